The summed E-state index contributed by atoms with van der Waals surface area (Å²) in [5, 5.41) is 13.7. The monoisotopic (exact) mass is 342 g/mol. The second kappa shape index (κ2) is 7.13. The van der Waals surface area contributed by atoms with Crippen molar-refractivity contribution in [1.82, 2.24) is 15.2 Å². The van der Waals surface area contributed by atoms with Crippen molar-refractivity contribution in [2.75, 3.05) is 5.32 Å². The Morgan fingerprint density at radius 3 is 2.88 bits per heavy atom. The van der Waals surface area contributed by atoms with Crippen LogP contribution in [0.3, 0.4) is 0 Å². The lowest BCUT2D eigenvalue weighted by atomic mass is 10.1. The lowest BCUT2D eigenvalue weighted by molar-refractivity contribution is 0.102. The fraction of sp³-hybridized carbons (Fsp3) is 0.389. The molecule has 6 heteroatoms. The van der Waals surface area contributed by atoms with Gasteiger partial charge in [-0.15, -0.1) is 10.2 Å². The highest BCUT2D eigenvalue weighted by atomic mass is 32.1. The van der Waals surface area contributed by atoms with Gasteiger partial charge in [-0.2, -0.15) is 0 Å². The third-order valence-corrected chi connectivity index (χ3v) is 5.15. The van der Waals surface area contributed by atoms with E-state index < -0.39 is 0 Å². The maximum absolute atomic E-state index is 12.5. The van der Waals surface area contributed by atoms with Gasteiger partial charge in [-0.3, -0.25) is 10.1 Å². The molecule has 0 spiro atoms. The van der Waals surface area contributed by atoms with Gasteiger partial charge in [-0.1, -0.05) is 31.1 Å². The Morgan fingerprint density at radius 2 is 2.08 bits per heavy atom. The molecule has 126 valence electrons. The predicted octanol–water partition coefficient (Wildman–Crippen LogP) is 4.62. The van der Waals surface area contributed by atoms with Crippen molar-refractivity contribution in [3.63, 3.8) is 0 Å². The zero-order valence-electron chi connectivity index (χ0n) is 14.3. The molecule has 0 fully saturated rings. The number of benzene rings is 1. The molecule has 0 radical (unpaired) electrons. The van der Waals surface area contributed by atoms with Crippen LogP contribution < -0.4 is 5.32 Å². The quantitative estimate of drug-likeness (QED) is 0.642. The number of hydrogen-bond donors (Lipinski definition) is 2. The Morgan fingerprint density at radius 1 is 1.25 bits per heavy atom. The Bertz CT molecular complexity index is 865. The number of amides is 1. The van der Waals surface area contributed by atoms with Crippen LogP contribution in [0.15, 0.2) is 18.2 Å². The first-order valence-corrected chi connectivity index (χ1v) is 9.12. The number of nitrogens with zero attached hydrogens (tertiary/aromatic N) is 2. The molecule has 2 heterocycles. The number of fused-ring (bicyclic) bond motifs is 1. The van der Waals surface area contributed by atoms with Crippen LogP contribution in [0.4, 0.5) is 5.13 Å². The molecule has 2 N–H and O–H groups in total. The third-order valence-electron chi connectivity index (χ3n) is 4.25. The summed E-state index contributed by atoms with van der Waals surface area (Å²) in [4.78, 5) is 15.8. The van der Waals surface area contributed by atoms with Gasteiger partial charge in [-0.05, 0) is 44.0 Å². The molecule has 5 nitrogen and oxygen atoms in total. The van der Waals surface area contributed by atoms with Gasteiger partial charge in [0.05, 0.1) is 0 Å². The van der Waals surface area contributed by atoms with E-state index in [9.17, 15) is 4.79 Å². The summed E-state index contributed by atoms with van der Waals surface area (Å²) in [5.74, 6) is -0.147. The van der Waals surface area contributed by atoms with E-state index in [0.717, 1.165) is 34.4 Å². The summed E-state index contributed by atoms with van der Waals surface area (Å²) in [6, 6.07) is 5.70. The van der Waals surface area contributed by atoms with Gasteiger partial charge < -0.3 is 4.98 Å². The number of aryl methyl sites for hydroxylation is 3. The first-order chi connectivity index (χ1) is 11.6. The highest BCUT2D eigenvalue weighted by Crippen LogP contribution is 2.23. The summed E-state index contributed by atoms with van der Waals surface area (Å²) < 4.78 is 0. The van der Waals surface area contributed by atoms with Crippen molar-refractivity contribution in [1.29, 1.82) is 0 Å². The molecule has 1 aromatic carbocycles. The number of unbranched alkanes of at least 4 members (excludes halogenated alkanes) is 2. The molecular weight excluding hydrogens is 320 g/mol. The van der Waals surface area contributed by atoms with Crippen molar-refractivity contribution in [2.45, 2.75) is 46.5 Å². The average molecular weight is 342 g/mol. The number of aromatic nitrogens is 3. The third kappa shape index (κ3) is 3.48. The van der Waals surface area contributed by atoms with Gasteiger partial charge in [0.2, 0.25) is 5.13 Å². The lowest BCUT2D eigenvalue weighted by Crippen LogP contribution is -2.11. The molecule has 1 amide bonds. The summed E-state index contributed by atoms with van der Waals surface area (Å²) in [7, 11) is 0. The molecule has 3 rings (SSSR count). The molecule has 3 aromatic rings. The van der Waals surface area contributed by atoms with E-state index in [-0.39, 0.29) is 5.91 Å². The largest absolute Gasteiger partial charge is 0.358 e. The minimum absolute atomic E-state index is 0.147. The first-order valence-electron chi connectivity index (χ1n) is 8.31. The molecule has 0 bridgehead atoms. The zero-order chi connectivity index (χ0) is 17.1. The lowest BCUT2D eigenvalue weighted by Gasteiger charge is -2.02. The van der Waals surface area contributed by atoms with Crippen LogP contribution in [0.1, 0.15) is 52.8 Å². The minimum Gasteiger partial charge on any atom is -0.358 e. The maximum atomic E-state index is 12.5. The van der Waals surface area contributed by atoms with Crippen molar-refractivity contribution in [3.05, 3.63) is 40.0 Å². The fourth-order valence-corrected chi connectivity index (χ4v) is 3.48. The standard InChI is InChI=1S/C18H22N4OS/c1-4-5-6-7-16-21-22-18(24-16)20-17(23)13-8-9-15-14(10-13)11(2)12(3)19-15/h8-10,19H,4-7H2,1-3H3,(H,20,22,23). The number of H-pyrrole nitrogens is 1. The summed E-state index contributed by atoms with van der Waals surface area (Å²) in [6.07, 6.45) is 4.41. The number of hydrogen-bond acceptors (Lipinski definition) is 4. The molecule has 0 saturated carbocycles. The van der Waals surface area contributed by atoms with Gasteiger partial charge >= 0.3 is 0 Å². The van der Waals surface area contributed by atoms with Gasteiger partial charge in [0, 0.05) is 28.6 Å². The average Bonchev–Trinajstić information content (AvgIpc) is 3.12. The van der Waals surface area contributed by atoms with Gasteiger partial charge in [0.25, 0.3) is 5.91 Å². The number of carbonyl (C=O) groups is 1. The molecule has 0 aliphatic carbocycles. The fourth-order valence-electron chi connectivity index (χ4n) is 2.70. The van der Waals surface area contributed by atoms with Crippen molar-refractivity contribution in [2.24, 2.45) is 0 Å². The number of aromatic amines is 1. The first kappa shape index (κ1) is 16.6. The predicted molar refractivity (Wildman–Crippen MR) is 98.9 cm³/mol. The normalized spacial score (nSPS) is 11.1. The molecular formula is C18H22N4OS. The van der Waals surface area contributed by atoms with E-state index in [1.807, 2.05) is 25.1 Å². The molecule has 24 heavy (non-hydrogen) atoms. The maximum Gasteiger partial charge on any atom is 0.257 e. The zero-order valence-corrected chi connectivity index (χ0v) is 15.1. The minimum atomic E-state index is -0.147. The molecule has 0 atom stereocenters. The summed E-state index contributed by atoms with van der Waals surface area (Å²) in [6.45, 7) is 6.27. The summed E-state index contributed by atoms with van der Waals surface area (Å²) >= 11 is 1.46. The topological polar surface area (TPSA) is 70.7 Å². The number of carbonyl (C=O) groups excluding carboxylic acids is 1. The van der Waals surface area contributed by atoms with Crippen LogP contribution in [0, 0.1) is 13.8 Å². The van der Waals surface area contributed by atoms with Crippen molar-refractivity contribution in [3.8, 4) is 0 Å². The van der Waals surface area contributed by atoms with Crippen LogP contribution in [-0.2, 0) is 6.42 Å². The summed E-state index contributed by atoms with van der Waals surface area (Å²) in [5.41, 5.74) is 3.99. The van der Waals surface area contributed by atoms with Gasteiger partial charge in [-0.25, -0.2) is 0 Å². The van der Waals surface area contributed by atoms with Crippen molar-refractivity contribution < 1.29 is 4.79 Å². The van der Waals surface area contributed by atoms with Gasteiger partial charge in [0.15, 0.2) is 0 Å². The second-order valence-corrected chi connectivity index (χ2v) is 7.11. The van der Waals surface area contributed by atoms with Crippen LogP contribution in [0.5, 0.6) is 0 Å². The Hall–Kier alpha value is -2.21. The van der Waals surface area contributed by atoms with Crippen LogP contribution in [0.25, 0.3) is 10.9 Å². The highest BCUT2D eigenvalue weighted by molar-refractivity contribution is 7.15. The van der Waals surface area contributed by atoms with E-state index in [2.05, 4.69) is 34.3 Å². The van der Waals surface area contributed by atoms with E-state index in [1.54, 1.807) is 0 Å². The molecule has 0 unspecified atom stereocenters. The number of rotatable bonds is 6. The molecule has 0 saturated heterocycles. The Kier molecular flexibility index (Phi) is 4.94. The van der Waals surface area contributed by atoms with E-state index in [0.29, 0.717) is 10.7 Å². The molecule has 2 aromatic heterocycles. The van der Waals surface area contributed by atoms with Gasteiger partial charge in [0.1, 0.15) is 5.01 Å². The SMILES string of the molecule is CCCCCc1nnc(NC(=O)c2ccc3[nH]c(C)c(C)c3c2)s1. The molecule has 0 aliphatic heterocycles. The highest BCUT2D eigenvalue weighted by Gasteiger charge is 2.12. The molecule has 0 aliphatic rings. The second-order valence-electron chi connectivity index (χ2n) is 6.05. The van der Waals surface area contributed by atoms with Crippen molar-refractivity contribution >= 4 is 33.3 Å². The number of nitrogens with one attached hydrogen (secondary N) is 2. The van der Waals surface area contributed by atoms with Crippen LogP contribution in [-0.4, -0.2) is 21.1 Å². The Labute approximate surface area is 145 Å². The van der Waals surface area contributed by atoms with E-state index in [1.165, 1.54) is 29.7 Å². The van der Waals surface area contributed by atoms with E-state index in [4.69, 9.17) is 0 Å². The number of anilines is 1. The van der Waals surface area contributed by atoms with E-state index >= 15 is 0 Å². The van der Waals surface area contributed by atoms with Crippen LogP contribution >= 0.6 is 11.3 Å². The van der Waals surface area contributed by atoms with Crippen LogP contribution in [0.2, 0.25) is 0 Å². The Balaban J connectivity index is 1.71. The smallest absolute Gasteiger partial charge is 0.257 e.